The Hall–Kier alpha value is -2.36. The first-order valence-electron chi connectivity index (χ1n) is 9.45. The number of rotatable bonds is 3. The van der Waals surface area contributed by atoms with Crippen LogP contribution in [-0.4, -0.2) is 38.9 Å². The van der Waals surface area contributed by atoms with Gasteiger partial charge in [0, 0.05) is 31.9 Å². The minimum atomic E-state index is -3.45. The number of anilines is 1. The van der Waals surface area contributed by atoms with Crippen LogP contribution in [-0.2, 0) is 22.9 Å². The van der Waals surface area contributed by atoms with Crippen molar-refractivity contribution in [3.63, 3.8) is 0 Å². The van der Waals surface area contributed by atoms with Gasteiger partial charge in [-0.1, -0.05) is 6.07 Å². The van der Waals surface area contributed by atoms with Gasteiger partial charge < -0.3 is 4.90 Å². The zero-order valence-corrected chi connectivity index (χ0v) is 16.1. The maximum atomic E-state index is 13.1. The summed E-state index contributed by atoms with van der Waals surface area (Å²) in [7, 11) is -3.45. The second-order valence-electron chi connectivity index (χ2n) is 7.19. The number of aryl methyl sites for hydroxylation is 2. The molecule has 1 heterocycles. The van der Waals surface area contributed by atoms with E-state index < -0.39 is 10.0 Å². The van der Waals surface area contributed by atoms with E-state index in [1.165, 1.54) is 17.5 Å². The van der Waals surface area contributed by atoms with Gasteiger partial charge in [-0.3, -0.25) is 0 Å². The highest BCUT2D eigenvalue weighted by atomic mass is 32.2. The van der Waals surface area contributed by atoms with E-state index >= 15 is 0 Å². The molecule has 2 aromatic carbocycles. The fraction of sp³-hybridized carbons (Fsp3) is 0.381. The Balaban J connectivity index is 1.47. The Labute approximate surface area is 160 Å². The highest BCUT2D eigenvalue weighted by molar-refractivity contribution is 7.89. The lowest BCUT2D eigenvalue weighted by Gasteiger charge is -2.35. The number of hydrogen-bond donors (Lipinski definition) is 0. The molecule has 2 aliphatic rings. The van der Waals surface area contributed by atoms with Crippen molar-refractivity contribution in [2.75, 3.05) is 31.1 Å². The average molecular weight is 382 g/mol. The fourth-order valence-corrected chi connectivity index (χ4v) is 5.43. The van der Waals surface area contributed by atoms with Gasteiger partial charge in [0.1, 0.15) is 0 Å². The number of nitriles is 1. The molecule has 0 radical (unpaired) electrons. The average Bonchev–Trinajstić information content (AvgIpc) is 2.73. The Bertz CT molecular complexity index is 969. The van der Waals surface area contributed by atoms with E-state index in [2.05, 4.69) is 11.0 Å². The Kier molecular flexibility index (Phi) is 4.90. The van der Waals surface area contributed by atoms with Crippen LogP contribution < -0.4 is 4.90 Å². The highest BCUT2D eigenvalue weighted by Gasteiger charge is 2.29. The predicted octanol–water partition coefficient (Wildman–Crippen LogP) is 2.95. The Morgan fingerprint density at radius 2 is 1.52 bits per heavy atom. The third-order valence-corrected chi connectivity index (χ3v) is 7.45. The van der Waals surface area contributed by atoms with Crippen LogP contribution in [0.2, 0.25) is 0 Å². The van der Waals surface area contributed by atoms with E-state index in [1.807, 2.05) is 24.3 Å². The largest absolute Gasteiger partial charge is 0.369 e. The van der Waals surface area contributed by atoms with Gasteiger partial charge in [0.15, 0.2) is 0 Å². The van der Waals surface area contributed by atoms with Crippen LogP contribution in [0.15, 0.2) is 47.4 Å². The molecule has 140 valence electrons. The lowest BCUT2D eigenvalue weighted by Crippen LogP contribution is -2.48. The second-order valence-corrected chi connectivity index (χ2v) is 9.13. The maximum absolute atomic E-state index is 13.1. The molecule has 0 aromatic heterocycles. The quantitative estimate of drug-likeness (QED) is 0.820. The fourth-order valence-electron chi connectivity index (χ4n) is 3.95. The van der Waals surface area contributed by atoms with Crippen LogP contribution in [0.4, 0.5) is 5.69 Å². The molecular formula is C21H23N3O2S. The van der Waals surface area contributed by atoms with Crippen LogP contribution in [0.5, 0.6) is 0 Å². The molecule has 0 saturated carbocycles. The molecular weight excluding hydrogens is 358 g/mol. The lowest BCUT2D eigenvalue weighted by molar-refractivity contribution is 0.385. The molecule has 6 heteroatoms. The van der Waals surface area contributed by atoms with Gasteiger partial charge in [0.05, 0.1) is 16.5 Å². The maximum Gasteiger partial charge on any atom is 0.243 e. The van der Waals surface area contributed by atoms with Gasteiger partial charge in [-0.25, -0.2) is 8.42 Å². The minimum Gasteiger partial charge on any atom is -0.369 e. The van der Waals surface area contributed by atoms with Gasteiger partial charge in [0.25, 0.3) is 0 Å². The van der Waals surface area contributed by atoms with Crippen LogP contribution in [0, 0.1) is 11.3 Å². The van der Waals surface area contributed by atoms with Crippen LogP contribution in [0.1, 0.15) is 29.5 Å². The van der Waals surface area contributed by atoms with E-state index in [9.17, 15) is 8.42 Å². The molecule has 27 heavy (non-hydrogen) atoms. The van der Waals surface area contributed by atoms with Crippen molar-refractivity contribution in [2.45, 2.75) is 30.6 Å². The molecule has 1 fully saturated rings. The summed E-state index contributed by atoms with van der Waals surface area (Å²) in [4.78, 5) is 2.59. The number of hydrogen-bond acceptors (Lipinski definition) is 4. The number of fused-ring (bicyclic) bond motifs is 1. The third-order valence-electron chi connectivity index (χ3n) is 5.56. The van der Waals surface area contributed by atoms with Crippen molar-refractivity contribution >= 4 is 15.7 Å². The van der Waals surface area contributed by atoms with Gasteiger partial charge in [-0.2, -0.15) is 9.57 Å². The predicted molar refractivity (Wildman–Crippen MR) is 105 cm³/mol. The number of nitrogens with zero attached hydrogens (tertiary/aromatic N) is 3. The van der Waals surface area contributed by atoms with Crippen molar-refractivity contribution in [1.29, 1.82) is 5.26 Å². The summed E-state index contributed by atoms with van der Waals surface area (Å²) in [6.07, 6.45) is 4.36. The van der Waals surface area contributed by atoms with Crippen molar-refractivity contribution in [3.05, 3.63) is 59.2 Å². The highest BCUT2D eigenvalue weighted by Crippen LogP contribution is 2.27. The Morgan fingerprint density at radius 3 is 2.19 bits per heavy atom. The van der Waals surface area contributed by atoms with Gasteiger partial charge in [-0.05, 0) is 73.2 Å². The van der Waals surface area contributed by atoms with Crippen LogP contribution in [0.3, 0.4) is 0 Å². The zero-order valence-electron chi connectivity index (χ0n) is 15.3. The van der Waals surface area contributed by atoms with Crippen molar-refractivity contribution in [1.82, 2.24) is 4.31 Å². The summed E-state index contributed by atoms with van der Waals surface area (Å²) in [6, 6.07) is 15.2. The first-order valence-corrected chi connectivity index (χ1v) is 10.9. The summed E-state index contributed by atoms with van der Waals surface area (Å²) in [5.74, 6) is 0. The molecule has 1 aliphatic carbocycles. The summed E-state index contributed by atoms with van der Waals surface area (Å²) in [5, 5.41) is 8.91. The zero-order chi connectivity index (χ0) is 18.9. The standard InChI is InChI=1S/C21H23N3O2S/c22-16-17-5-8-20(9-6-17)23-11-13-24(14-12-23)27(25,26)21-10-7-18-3-1-2-4-19(18)15-21/h5-10,15H,1-4,11-14H2. The second kappa shape index (κ2) is 7.34. The smallest absolute Gasteiger partial charge is 0.243 e. The van der Waals surface area contributed by atoms with Gasteiger partial charge in [-0.15, -0.1) is 0 Å². The monoisotopic (exact) mass is 381 g/mol. The molecule has 0 spiro atoms. The molecule has 2 aromatic rings. The molecule has 1 aliphatic heterocycles. The molecule has 0 N–H and O–H groups in total. The van der Waals surface area contributed by atoms with Crippen molar-refractivity contribution in [2.24, 2.45) is 0 Å². The minimum absolute atomic E-state index is 0.426. The Morgan fingerprint density at radius 1 is 0.852 bits per heavy atom. The number of piperazine rings is 1. The topological polar surface area (TPSA) is 64.4 Å². The van der Waals surface area contributed by atoms with Crippen molar-refractivity contribution in [3.8, 4) is 6.07 Å². The third kappa shape index (κ3) is 3.58. The van der Waals surface area contributed by atoms with Crippen molar-refractivity contribution < 1.29 is 8.42 Å². The molecule has 5 nitrogen and oxygen atoms in total. The normalized spacial score (nSPS) is 18.0. The van der Waals surface area contributed by atoms with E-state index in [-0.39, 0.29) is 0 Å². The van der Waals surface area contributed by atoms with Gasteiger partial charge >= 0.3 is 0 Å². The summed E-state index contributed by atoms with van der Waals surface area (Å²) in [6.45, 7) is 2.24. The summed E-state index contributed by atoms with van der Waals surface area (Å²) >= 11 is 0. The first kappa shape index (κ1) is 18.0. The van der Waals surface area contributed by atoms with E-state index in [1.54, 1.807) is 22.5 Å². The van der Waals surface area contributed by atoms with E-state index in [4.69, 9.17) is 5.26 Å². The van der Waals surface area contributed by atoms with Crippen LogP contribution in [0.25, 0.3) is 0 Å². The summed E-state index contributed by atoms with van der Waals surface area (Å²) < 4.78 is 27.7. The van der Waals surface area contributed by atoms with Gasteiger partial charge in [0.2, 0.25) is 10.0 Å². The molecule has 0 bridgehead atoms. The molecule has 0 amide bonds. The number of benzene rings is 2. The van der Waals surface area contributed by atoms with E-state index in [0.717, 1.165) is 24.9 Å². The summed E-state index contributed by atoms with van der Waals surface area (Å²) in [5.41, 5.74) is 4.15. The molecule has 4 rings (SSSR count). The van der Waals surface area contributed by atoms with E-state index in [0.29, 0.717) is 36.6 Å². The number of sulfonamides is 1. The SMILES string of the molecule is N#Cc1ccc(N2CCN(S(=O)(=O)c3ccc4c(c3)CCCC4)CC2)cc1. The lowest BCUT2D eigenvalue weighted by atomic mass is 9.92. The first-order chi connectivity index (χ1) is 13.1. The molecule has 1 saturated heterocycles. The molecule has 0 atom stereocenters. The van der Waals surface area contributed by atoms with Crippen LogP contribution >= 0.6 is 0 Å². The molecule has 0 unspecified atom stereocenters.